The molecule has 0 aliphatic carbocycles. The third-order valence-electron chi connectivity index (χ3n) is 7.17. The molecule has 0 bridgehead atoms. The number of carbonyl (C=O) groups is 1. The topological polar surface area (TPSA) is 83.7 Å². The van der Waals surface area contributed by atoms with Crippen LogP contribution in [0.1, 0.15) is 43.2 Å². The molecule has 11 heteroatoms. The highest BCUT2D eigenvalue weighted by molar-refractivity contribution is 8.00. The number of carbonyl (C=O) groups excluding carboxylic acids is 1. The van der Waals surface area contributed by atoms with Gasteiger partial charge in [0.2, 0.25) is 15.9 Å². The fourth-order valence-corrected chi connectivity index (χ4v) is 7.94. The van der Waals surface area contributed by atoms with Gasteiger partial charge in [-0.05, 0) is 62.6 Å². The number of amides is 1. The Morgan fingerprint density at radius 1 is 1.15 bits per heavy atom. The molecule has 5 rings (SSSR count). The summed E-state index contributed by atoms with van der Waals surface area (Å²) >= 11 is 1.79. The summed E-state index contributed by atoms with van der Waals surface area (Å²) < 4.78 is 61.1. The molecule has 1 saturated heterocycles. The van der Waals surface area contributed by atoms with Gasteiger partial charge in [-0.1, -0.05) is 24.2 Å². The standard InChI is InChI=1S/C28H29F2N3O4S2/c1-3-22-17-33(24-6-4-5-7-26(24)38-22)28(34)20-12-14-32(15-13-20)39(35,36)27-18(2)31-37-25(27)11-9-19-8-10-21(29)16-23(19)30/h4-11,16,20,22H,3,12-15,17H2,1-2H3/b11-9+/t22-/m1/s1. The minimum atomic E-state index is -3.99. The number of anilines is 1. The van der Waals surface area contributed by atoms with E-state index in [-0.39, 0.29) is 46.8 Å². The van der Waals surface area contributed by atoms with Gasteiger partial charge in [-0.2, -0.15) is 4.31 Å². The first kappa shape index (κ1) is 27.5. The van der Waals surface area contributed by atoms with Gasteiger partial charge in [0.25, 0.3) is 0 Å². The Balaban J connectivity index is 1.31. The van der Waals surface area contributed by atoms with E-state index in [1.807, 2.05) is 29.2 Å². The number of nitrogens with zero attached hydrogens (tertiary/aromatic N) is 3. The fraction of sp³-hybridized carbons (Fsp3) is 0.357. The molecule has 0 N–H and O–H groups in total. The van der Waals surface area contributed by atoms with E-state index >= 15 is 0 Å². The van der Waals surface area contributed by atoms with Gasteiger partial charge >= 0.3 is 0 Å². The van der Waals surface area contributed by atoms with Crippen LogP contribution < -0.4 is 4.90 Å². The average molecular weight is 574 g/mol. The lowest BCUT2D eigenvalue weighted by molar-refractivity contribution is -0.123. The molecular formula is C28H29F2N3O4S2. The molecule has 206 valence electrons. The molecule has 7 nitrogen and oxygen atoms in total. The van der Waals surface area contributed by atoms with Gasteiger partial charge in [-0.3, -0.25) is 4.79 Å². The van der Waals surface area contributed by atoms with Crippen LogP contribution in [0.15, 0.2) is 56.8 Å². The SMILES string of the molecule is CC[C@@H]1CN(C(=O)C2CCN(S(=O)(=O)c3c(C)noc3/C=C/c3ccc(F)cc3F)CC2)c2ccccc2S1. The van der Waals surface area contributed by atoms with Crippen molar-refractivity contribution in [2.45, 2.75) is 48.2 Å². The molecule has 1 aromatic heterocycles. The summed E-state index contributed by atoms with van der Waals surface area (Å²) in [5.74, 6) is -1.78. The quantitative estimate of drug-likeness (QED) is 0.374. The van der Waals surface area contributed by atoms with Crippen molar-refractivity contribution in [3.05, 3.63) is 71.1 Å². The Kier molecular flexibility index (Phi) is 7.93. The van der Waals surface area contributed by atoms with E-state index in [4.69, 9.17) is 4.52 Å². The molecule has 1 fully saturated rings. The van der Waals surface area contributed by atoms with Crippen molar-refractivity contribution in [2.75, 3.05) is 24.5 Å². The maximum absolute atomic E-state index is 14.0. The van der Waals surface area contributed by atoms with Crippen LogP contribution in [0.2, 0.25) is 0 Å². The summed E-state index contributed by atoms with van der Waals surface area (Å²) in [6.07, 6.45) is 4.38. The highest BCUT2D eigenvalue weighted by Crippen LogP contribution is 2.41. The van der Waals surface area contributed by atoms with Gasteiger partial charge in [0.05, 0.1) is 5.69 Å². The van der Waals surface area contributed by atoms with E-state index < -0.39 is 21.7 Å². The summed E-state index contributed by atoms with van der Waals surface area (Å²) in [6.45, 7) is 4.64. The number of rotatable bonds is 6. The zero-order valence-corrected chi connectivity index (χ0v) is 23.3. The Labute approximate surface area is 230 Å². The second-order valence-corrected chi connectivity index (χ2v) is 12.9. The normalized spacial score (nSPS) is 19.0. The fourth-order valence-electron chi connectivity index (χ4n) is 5.01. The van der Waals surface area contributed by atoms with Crippen molar-refractivity contribution < 1.29 is 26.5 Å². The van der Waals surface area contributed by atoms with Gasteiger partial charge in [-0.25, -0.2) is 17.2 Å². The van der Waals surface area contributed by atoms with E-state index in [1.165, 1.54) is 29.4 Å². The van der Waals surface area contributed by atoms with Crippen LogP contribution in [0.3, 0.4) is 0 Å². The average Bonchev–Trinajstić information content (AvgIpc) is 3.32. The molecule has 2 aliphatic rings. The number of benzene rings is 2. The maximum Gasteiger partial charge on any atom is 0.248 e. The molecule has 3 aromatic rings. The molecule has 1 amide bonds. The zero-order chi connectivity index (χ0) is 27.7. The van der Waals surface area contributed by atoms with E-state index in [0.717, 1.165) is 29.1 Å². The molecular weight excluding hydrogens is 544 g/mol. The van der Waals surface area contributed by atoms with Gasteiger partial charge in [-0.15, -0.1) is 11.8 Å². The van der Waals surface area contributed by atoms with Gasteiger partial charge in [0.1, 0.15) is 17.3 Å². The molecule has 39 heavy (non-hydrogen) atoms. The minimum Gasteiger partial charge on any atom is -0.355 e. The predicted octanol–water partition coefficient (Wildman–Crippen LogP) is 5.75. The summed E-state index contributed by atoms with van der Waals surface area (Å²) in [5.41, 5.74) is 1.18. The summed E-state index contributed by atoms with van der Waals surface area (Å²) in [5, 5.41) is 4.13. The second kappa shape index (κ2) is 11.2. The third kappa shape index (κ3) is 5.53. The highest BCUT2D eigenvalue weighted by atomic mass is 32.2. The van der Waals surface area contributed by atoms with Crippen LogP contribution in [0.25, 0.3) is 12.2 Å². The first-order valence-electron chi connectivity index (χ1n) is 12.9. The van der Waals surface area contributed by atoms with Crippen molar-refractivity contribution in [2.24, 2.45) is 5.92 Å². The van der Waals surface area contributed by atoms with Crippen LogP contribution >= 0.6 is 11.8 Å². The Bertz CT molecular complexity index is 1510. The lowest BCUT2D eigenvalue weighted by atomic mass is 9.96. The van der Waals surface area contributed by atoms with Crippen molar-refractivity contribution >= 4 is 45.5 Å². The lowest BCUT2D eigenvalue weighted by Crippen LogP contribution is -2.47. The number of aromatic nitrogens is 1. The van der Waals surface area contributed by atoms with E-state index in [2.05, 4.69) is 12.1 Å². The first-order chi connectivity index (χ1) is 18.7. The van der Waals surface area contributed by atoms with Gasteiger partial charge in [0, 0.05) is 47.3 Å². The lowest BCUT2D eigenvalue weighted by Gasteiger charge is -2.38. The van der Waals surface area contributed by atoms with Crippen molar-refractivity contribution in [3.8, 4) is 0 Å². The number of thioether (sulfide) groups is 1. The predicted molar refractivity (Wildman–Crippen MR) is 147 cm³/mol. The van der Waals surface area contributed by atoms with Crippen LogP contribution in [0, 0.1) is 24.5 Å². The number of sulfonamides is 1. The molecule has 3 heterocycles. The summed E-state index contributed by atoms with van der Waals surface area (Å²) in [6, 6.07) is 11.0. The minimum absolute atomic E-state index is 0.0318. The van der Waals surface area contributed by atoms with E-state index in [9.17, 15) is 22.0 Å². The number of aryl methyl sites for hydroxylation is 1. The summed E-state index contributed by atoms with van der Waals surface area (Å²) in [7, 11) is -3.99. The van der Waals surface area contributed by atoms with Gasteiger partial charge < -0.3 is 9.42 Å². The van der Waals surface area contributed by atoms with Crippen LogP contribution in [-0.2, 0) is 14.8 Å². The van der Waals surface area contributed by atoms with Crippen molar-refractivity contribution in [1.82, 2.24) is 9.46 Å². The van der Waals surface area contributed by atoms with Crippen LogP contribution in [-0.4, -0.2) is 48.7 Å². The molecule has 0 radical (unpaired) electrons. The van der Waals surface area contributed by atoms with Crippen LogP contribution in [0.4, 0.5) is 14.5 Å². The molecule has 2 aliphatic heterocycles. The zero-order valence-electron chi connectivity index (χ0n) is 21.6. The van der Waals surface area contributed by atoms with Crippen molar-refractivity contribution in [3.63, 3.8) is 0 Å². The number of hydrogen-bond acceptors (Lipinski definition) is 6. The number of halogens is 2. The molecule has 0 unspecified atom stereocenters. The Morgan fingerprint density at radius 3 is 2.62 bits per heavy atom. The molecule has 1 atom stereocenters. The molecule has 0 spiro atoms. The maximum atomic E-state index is 14.0. The smallest absolute Gasteiger partial charge is 0.248 e. The number of fused-ring (bicyclic) bond motifs is 1. The molecule has 0 saturated carbocycles. The van der Waals surface area contributed by atoms with Crippen LogP contribution in [0.5, 0.6) is 0 Å². The number of hydrogen-bond donors (Lipinski definition) is 0. The third-order valence-corrected chi connectivity index (χ3v) is 10.6. The first-order valence-corrected chi connectivity index (χ1v) is 15.2. The monoisotopic (exact) mass is 573 g/mol. The molecule has 2 aromatic carbocycles. The highest BCUT2D eigenvalue weighted by Gasteiger charge is 2.38. The second-order valence-electron chi connectivity index (χ2n) is 9.70. The largest absolute Gasteiger partial charge is 0.355 e. The van der Waals surface area contributed by atoms with E-state index in [1.54, 1.807) is 11.8 Å². The number of para-hydroxylation sites is 1. The Morgan fingerprint density at radius 2 is 1.90 bits per heavy atom. The Hall–Kier alpha value is -3.02. The summed E-state index contributed by atoms with van der Waals surface area (Å²) in [4.78, 5) is 16.5. The van der Waals surface area contributed by atoms with Gasteiger partial charge in [0.15, 0.2) is 10.7 Å². The van der Waals surface area contributed by atoms with Crippen molar-refractivity contribution in [1.29, 1.82) is 0 Å². The number of piperidine rings is 1. The van der Waals surface area contributed by atoms with E-state index in [0.29, 0.717) is 24.6 Å².